The number of likely N-dealkylation sites (N-methyl/N-ethyl adjacent to an activating group) is 1. The van der Waals surface area contributed by atoms with Crippen LogP contribution in [0.5, 0.6) is 0 Å². The summed E-state index contributed by atoms with van der Waals surface area (Å²) >= 11 is 0. The van der Waals surface area contributed by atoms with Gasteiger partial charge >= 0.3 is 6.18 Å². The summed E-state index contributed by atoms with van der Waals surface area (Å²) < 4.78 is 38.8. The Balaban J connectivity index is 2.90. The van der Waals surface area contributed by atoms with Gasteiger partial charge in [0.15, 0.2) is 0 Å². The molecule has 0 aliphatic carbocycles. The van der Waals surface area contributed by atoms with Gasteiger partial charge in [0, 0.05) is 6.04 Å². The monoisotopic (exact) mass is 273 g/mol. The molecule has 0 bridgehead atoms. The second-order valence-corrected chi connectivity index (χ2v) is 5.24. The van der Waals surface area contributed by atoms with E-state index >= 15 is 0 Å². The van der Waals surface area contributed by atoms with Crippen molar-refractivity contribution < 1.29 is 13.2 Å². The molecule has 0 saturated carbocycles. The molecule has 108 valence electrons. The zero-order valence-electron chi connectivity index (χ0n) is 11.7. The van der Waals surface area contributed by atoms with Crippen LogP contribution in [0.15, 0.2) is 24.3 Å². The molecule has 1 rings (SSSR count). The van der Waals surface area contributed by atoms with E-state index in [0.29, 0.717) is 17.9 Å². The Morgan fingerprint density at radius 2 is 1.79 bits per heavy atom. The van der Waals surface area contributed by atoms with Crippen LogP contribution in [0, 0.1) is 5.92 Å². The molecule has 0 radical (unpaired) electrons. The zero-order chi connectivity index (χ0) is 14.5. The van der Waals surface area contributed by atoms with Crippen molar-refractivity contribution >= 4 is 0 Å². The fourth-order valence-electron chi connectivity index (χ4n) is 2.34. The number of hydrogen-bond acceptors (Lipinski definition) is 1. The lowest BCUT2D eigenvalue weighted by atomic mass is 9.94. The molecular weight excluding hydrogens is 251 g/mol. The second-order valence-electron chi connectivity index (χ2n) is 5.24. The van der Waals surface area contributed by atoms with E-state index in [-0.39, 0.29) is 6.04 Å². The smallest absolute Gasteiger partial charge is 0.314 e. The molecule has 0 spiro atoms. The van der Waals surface area contributed by atoms with Gasteiger partial charge in [-0.25, -0.2) is 0 Å². The molecule has 1 aromatic rings. The van der Waals surface area contributed by atoms with Crippen molar-refractivity contribution in [1.29, 1.82) is 0 Å². The molecule has 0 aliphatic heterocycles. The number of halogens is 3. The summed E-state index contributed by atoms with van der Waals surface area (Å²) in [5.74, 6) is 0.460. The van der Waals surface area contributed by atoms with Crippen molar-refractivity contribution in [2.45, 2.75) is 45.8 Å². The minimum absolute atomic E-state index is 0.0912. The number of alkyl halides is 3. The van der Waals surface area contributed by atoms with E-state index in [4.69, 9.17) is 0 Å². The van der Waals surface area contributed by atoms with Gasteiger partial charge in [0.2, 0.25) is 0 Å². The molecule has 0 fully saturated rings. The van der Waals surface area contributed by atoms with Gasteiger partial charge in [0.1, 0.15) is 0 Å². The highest BCUT2D eigenvalue weighted by Crippen LogP contribution is 2.32. The molecule has 1 nitrogen and oxygen atoms in total. The summed E-state index contributed by atoms with van der Waals surface area (Å²) in [4.78, 5) is 0. The first kappa shape index (κ1) is 16.0. The Morgan fingerprint density at radius 1 is 1.16 bits per heavy atom. The van der Waals surface area contributed by atoms with E-state index in [9.17, 15) is 13.2 Å². The van der Waals surface area contributed by atoms with E-state index in [2.05, 4.69) is 19.2 Å². The molecule has 1 unspecified atom stereocenters. The van der Waals surface area contributed by atoms with Crippen LogP contribution in [0.25, 0.3) is 0 Å². The minimum Gasteiger partial charge on any atom is -0.314 e. The van der Waals surface area contributed by atoms with E-state index in [0.717, 1.165) is 19.0 Å². The van der Waals surface area contributed by atoms with Crippen LogP contribution >= 0.6 is 0 Å². The highest BCUT2D eigenvalue weighted by molar-refractivity contribution is 5.30. The molecule has 19 heavy (non-hydrogen) atoms. The molecule has 1 N–H and O–H groups in total. The summed E-state index contributed by atoms with van der Waals surface area (Å²) in [6.45, 7) is 6.91. The summed E-state index contributed by atoms with van der Waals surface area (Å²) in [5.41, 5.74) is -0.136. The van der Waals surface area contributed by atoms with Gasteiger partial charge in [-0.1, -0.05) is 39.0 Å². The fourth-order valence-corrected chi connectivity index (χ4v) is 2.34. The van der Waals surface area contributed by atoms with Crippen molar-refractivity contribution in [2.24, 2.45) is 5.92 Å². The van der Waals surface area contributed by atoms with Crippen LogP contribution in [0.4, 0.5) is 13.2 Å². The highest BCUT2D eigenvalue weighted by atomic mass is 19.4. The van der Waals surface area contributed by atoms with E-state index < -0.39 is 11.7 Å². The van der Waals surface area contributed by atoms with Gasteiger partial charge in [-0.05, 0) is 36.9 Å². The normalized spacial score (nSPS) is 13.8. The highest BCUT2D eigenvalue weighted by Gasteiger charge is 2.33. The quantitative estimate of drug-likeness (QED) is 0.816. The fraction of sp³-hybridized carbons (Fsp3) is 0.600. The summed E-state index contributed by atoms with van der Waals surface area (Å²) in [7, 11) is 0. The third kappa shape index (κ3) is 5.23. The van der Waals surface area contributed by atoms with Crippen molar-refractivity contribution in [1.82, 2.24) is 5.32 Å². The number of nitrogens with one attached hydrogen (secondary N) is 1. The van der Waals surface area contributed by atoms with Crippen LogP contribution in [0.3, 0.4) is 0 Å². The van der Waals surface area contributed by atoms with Crippen LogP contribution in [-0.2, 0) is 12.6 Å². The third-order valence-corrected chi connectivity index (χ3v) is 3.04. The molecule has 0 amide bonds. The van der Waals surface area contributed by atoms with Gasteiger partial charge in [0.25, 0.3) is 0 Å². The SMILES string of the molecule is CCNC(Cc1ccccc1C(F)(F)F)CC(C)C. The molecule has 4 heteroatoms. The molecule has 1 atom stereocenters. The van der Waals surface area contributed by atoms with Crippen LogP contribution < -0.4 is 5.32 Å². The Bertz CT molecular complexity index is 385. The summed E-state index contributed by atoms with van der Waals surface area (Å²) in [5, 5.41) is 3.27. The van der Waals surface area contributed by atoms with Crippen molar-refractivity contribution in [2.75, 3.05) is 6.54 Å². The first-order valence-electron chi connectivity index (χ1n) is 6.73. The van der Waals surface area contributed by atoms with Crippen molar-refractivity contribution in [3.05, 3.63) is 35.4 Å². The number of benzene rings is 1. The van der Waals surface area contributed by atoms with Gasteiger partial charge in [-0.3, -0.25) is 0 Å². The van der Waals surface area contributed by atoms with E-state index in [1.807, 2.05) is 6.92 Å². The zero-order valence-corrected chi connectivity index (χ0v) is 11.7. The second kappa shape index (κ2) is 6.94. The summed E-state index contributed by atoms with van der Waals surface area (Å²) in [6, 6.07) is 5.94. The number of hydrogen-bond donors (Lipinski definition) is 1. The standard InChI is InChI=1S/C15H22F3N/c1-4-19-13(9-11(2)3)10-12-7-5-6-8-14(12)15(16,17)18/h5-8,11,13,19H,4,9-10H2,1-3H3. The maximum Gasteiger partial charge on any atom is 0.416 e. The van der Waals surface area contributed by atoms with Gasteiger partial charge in [-0.15, -0.1) is 0 Å². The lowest BCUT2D eigenvalue weighted by Crippen LogP contribution is -2.33. The van der Waals surface area contributed by atoms with E-state index in [1.165, 1.54) is 6.07 Å². The molecule has 0 aliphatic rings. The lowest BCUT2D eigenvalue weighted by molar-refractivity contribution is -0.138. The largest absolute Gasteiger partial charge is 0.416 e. The molecular formula is C15H22F3N. The first-order chi connectivity index (χ1) is 8.84. The Kier molecular flexibility index (Phi) is 5.85. The van der Waals surface area contributed by atoms with Gasteiger partial charge in [-0.2, -0.15) is 13.2 Å². The van der Waals surface area contributed by atoms with Crippen LogP contribution in [0.2, 0.25) is 0 Å². The van der Waals surface area contributed by atoms with Crippen molar-refractivity contribution in [3.63, 3.8) is 0 Å². The van der Waals surface area contributed by atoms with E-state index in [1.54, 1.807) is 12.1 Å². The maximum absolute atomic E-state index is 12.9. The Labute approximate surface area is 113 Å². The minimum atomic E-state index is -4.27. The predicted molar refractivity (Wildman–Crippen MR) is 72.1 cm³/mol. The average Bonchev–Trinajstić information content (AvgIpc) is 2.27. The maximum atomic E-state index is 12.9. The molecule has 0 saturated heterocycles. The van der Waals surface area contributed by atoms with Crippen LogP contribution in [0.1, 0.15) is 38.3 Å². The first-order valence-corrected chi connectivity index (χ1v) is 6.73. The molecule has 0 aromatic heterocycles. The topological polar surface area (TPSA) is 12.0 Å². The third-order valence-electron chi connectivity index (χ3n) is 3.04. The van der Waals surface area contributed by atoms with Gasteiger partial charge in [0.05, 0.1) is 5.56 Å². The summed E-state index contributed by atoms with van der Waals surface area (Å²) in [6.07, 6.45) is -2.98. The molecule has 0 heterocycles. The van der Waals surface area contributed by atoms with Crippen LogP contribution in [-0.4, -0.2) is 12.6 Å². The number of rotatable bonds is 6. The van der Waals surface area contributed by atoms with Gasteiger partial charge < -0.3 is 5.32 Å². The predicted octanol–water partition coefficient (Wildman–Crippen LogP) is 4.27. The van der Waals surface area contributed by atoms with Crippen molar-refractivity contribution in [3.8, 4) is 0 Å². The average molecular weight is 273 g/mol. The Hall–Kier alpha value is -1.03. The Morgan fingerprint density at radius 3 is 2.32 bits per heavy atom. The molecule has 1 aromatic carbocycles. The lowest BCUT2D eigenvalue weighted by Gasteiger charge is -2.22.